The number of carbonyl (C=O) groups is 2. The Morgan fingerprint density at radius 2 is 1.72 bits per heavy atom. The number of hydrogen-bond acceptors (Lipinski definition) is 4. The van der Waals surface area contributed by atoms with E-state index in [0.717, 1.165) is 5.56 Å². The van der Waals surface area contributed by atoms with Crippen LogP contribution >= 0.6 is 0 Å². The van der Waals surface area contributed by atoms with Crippen molar-refractivity contribution in [2.45, 2.75) is 20.8 Å². The minimum Gasteiger partial charge on any atom is -0.351 e. The van der Waals surface area contributed by atoms with Gasteiger partial charge in [-0.05, 0) is 24.5 Å². The molecule has 0 radical (unpaired) electrons. The SMILES string of the molecule is Cc1ccccc1C(=O)NC1=N/C(=C(/C#N)C(=O)NCC(C)C)c2ccccc21. The van der Waals surface area contributed by atoms with E-state index in [0.29, 0.717) is 29.1 Å². The minimum absolute atomic E-state index is 0.0711. The van der Waals surface area contributed by atoms with Crippen LogP contribution in [-0.2, 0) is 4.79 Å². The van der Waals surface area contributed by atoms with Gasteiger partial charge in [0, 0.05) is 23.2 Å². The smallest absolute Gasteiger partial charge is 0.264 e. The number of fused-ring (bicyclic) bond motifs is 1. The number of amides is 2. The van der Waals surface area contributed by atoms with Crippen LogP contribution in [-0.4, -0.2) is 24.2 Å². The predicted molar refractivity (Wildman–Crippen MR) is 112 cm³/mol. The fourth-order valence-corrected chi connectivity index (χ4v) is 3.01. The normalized spacial score (nSPS) is 14.0. The van der Waals surface area contributed by atoms with Gasteiger partial charge in [-0.3, -0.25) is 9.59 Å². The van der Waals surface area contributed by atoms with Crippen molar-refractivity contribution in [2.24, 2.45) is 10.9 Å². The molecule has 1 aliphatic rings. The third-order valence-electron chi connectivity index (χ3n) is 4.53. The molecule has 6 heteroatoms. The molecule has 2 amide bonds. The Kier molecular flexibility index (Phi) is 5.89. The average molecular weight is 386 g/mol. The lowest BCUT2D eigenvalue weighted by molar-refractivity contribution is -0.117. The summed E-state index contributed by atoms with van der Waals surface area (Å²) in [6.07, 6.45) is 0. The minimum atomic E-state index is -0.471. The van der Waals surface area contributed by atoms with E-state index in [1.54, 1.807) is 24.3 Å². The molecule has 2 aromatic carbocycles. The van der Waals surface area contributed by atoms with Gasteiger partial charge in [0.2, 0.25) is 0 Å². The second kappa shape index (κ2) is 8.53. The second-order valence-corrected chi connectivity index (χ2v) is 7.21. The number of hydrogen-bond donors (Lipinski definition) is 2. The molecule has 2 aromatic rings. The molecule has 1 heterocycles. The highest BCUT2D eigenvalue weighted by Crippen LogP contribution is 2.30. The standard InChI is InChI=1S/C23H22N4O2/c1-14(2)13-25-22(28)19(12-24)20-17-10-6-7-11-18(17)21(26-20)27-23(29)16-9-5-4-8-15(16)3/h4-11,14H,13H2,1-3H3,(H,25,28)(H,26,27,29)/b20-19-. The van der Waals surface area contributed by atoms with Crippen molar-refractivity contribution in [2.75, 3.05) is 6.54 Å². The molecule has 0 saturated heterocycles. The topological polar surface area (TPSA) is 94.3 Å². The molecule has 2 N–H and O–H groups in total. The van der Waals surface area contributed by atoms with Gasteiger partial charge in [-0.15, -0.1) is 0 Å². The van der Waals surface area contributed by atoms with Crippen LogP contribution in [0, 0.1) is 24.2 Å². The highest BCUT2D eigenvalue weighted by Gasteiger charge is 2.27. The van der Waals surface area contributed by atoms with Crippen molar-refractivity contribution in [3.8, 4) is 6.07 Å². The molecule has 0 atom stereocenters. The lowest BCUT2D eigenvalue weighted by Gasteiger charge is -2.08. The molecule has 146 valence electrons. The fraction of sp³-hybridized carbons (Fsp3) is 0.217. The van der Waals surface area contributed by atoms with Crippen molar-refractivity contribution in [3.05, 3.63) is 76.4 Å². The summed E-state index contributed by atoms with van der Waals surface area (Å²) < 4.78 is 0. The van der Waals surface area contributed by atoms with Gasteiger partial charge in [0.25, 0.3) is 11.8 Å². The molecule has 0 aromatic heterocycles. The zero-order chi connectivity index (χ0) is 21.0. The van der Waals surface area contributed by atoms with Crippen LogP contribution < -0.4 is 10.6 Å². The molecule has 29 heavy (non-hydrogen) atoms. The number of aryl methyl sites for hydroxylation is 1. The van der Waals surface area contributed by atoms with Gasteiger partial charge in [-0.1, -0.05) is 56.3 Å². The summed E-state index contributed by atoms with van der Waals surface area (Å²) in [7, 11) is 0. The highest BCUT2D eigenvalue weighted by atomic mass is 16.2. The number of benzene rings is 2. The summed E-state index contributed by atoms with van der Waals surface area (Å²) in [6.45, 7) is 6.26. The Morgan fingerprint density at radius 3 is 2.38 bits per heavy atom. The summed E-state index contributed by atoms with van der Waals surface area (Å²) in [5, 5.41) is 15.2. The van der Waals surface area contributed by atoms with Crippen molar-refractivity contribution >= 4 is 23.3 Å². The van der Waals surface area contributed by atoms with Crippen LogP contribution in [0.4, 0.5) is 0 Å². The summed E-state index contributed by atoms with van der Waals surface area (Å²) >= 11 is 0. The maximum Gasteiger partial charge on any atom is 0.264 e. The maximum atomic E-state index is 12.7. The Labute approximate surface area is 170 Å². The van der Waals surface area contributed by atoms with Crippen LogP contribution in [0.1, 0.15) is 40.9 Å². The van der Waals surface area contributed by atoms with Crippen molar-refractivity contribution in [1.82, 2.24) is 10.6 Å². The van der Waals surface area contributed by atoms with Gasteiger partial charge in [0.1, 0.15) is 17.5 Å². The molecule has 3 rings (SSSR count). The van der Waals surface area contributed by atoms with E-state index in [1.165, 1.54) is 0 Å². The number of nitriles is 1. The Balaban J connectivity index is 1.99. The number of amidine groups is 1. The Hall–Kier alpha value is -3.72. The van der Waals surface area contributed by atoms with Gasteiger partial charge < -0.3 is 10.6 Å². The molecule has 0 spiro atoms. The van der Waals surface area contributed by atoms with E-state index in [-0.39, 0.29) is 23.1 Å². The number of nitrogens with one attached hydrogen (secondary N) is 2. The first kappa shape index (κ1) is 20.0. The van der Waals surface area contributed by atoms with E-state index >= 15 is 0 Å². The lowest BCUT2D eigenvalue weighted by atomic mass is 10.0. The number of aliphatic imine (C=N–C) groups is 1. The Bertz CT molecular complexity index is 1070. The summed E-state index contributed by atoms with van der Waals surface area (Å²) in [5.41, 5.74) is 2.90. The van der Waals surface area contributed by atoms with Crippen molar-refractivity contribution in [3.63, 3.8) is 0 Å². The lowest BCUT2D eigenvalue weighted by Crippen LogP contribution is -2.30. The number of carbonyl (C=O) groups excluding carboxylic acids is 2. The highest BCUT2D eigenvalue weighted by molar-refractivity contribution is 6.20. The van der Waals surface area contributed by atoms with Gasteiger partial charge >= 0.3 is 0 Å². The first-order chi connectivity index (χ1) is 13.9. The third kappa shape index (κ3) is 4.25. The molecule has 1 aliphatic heterocycles. The zero-order valence-electron chi connectivity index (χ0n) is 16.6. The van der Waals surface area contributed by atoms with Crippen molar-refractivity contribution in [1.29, 1.82) is 5.26 Å². The molecule has 0 fully saturated rings. The fourth-order valence-electron chi connectivity index (χ4n) is 3.01. The number of rotatable bonds is 4. The second-order valence-electron chi connectivity index (χ2n) is 7.21. The summed E-state index contributed by atoms with van der Waals surface area (Å²) in [4.78, 5) is 29.7. The van der Waals surface area contributed by atoms with Crippen LogP contribution in [0.3, 0.4) is 0 Å². The van der Waals surface area contributed by atoms with Crippen LogP contribution in [0.5, 0.6) is 0 Å². The Morgan fingerprint density at radius 1 is 1.07 bits per heavy atom. The zero-order valence-corrected chi connectivity index (χ0v) is 16.6. The van der Waals surface area contributed by atoms with Gasteiger partial charge in [-0.2, -0.15) is 5.26 Å². The molecule has 0 aliphatic carbocycles. The summed E-state index contributed by atoms with van der Waals surface area (Å²) in [5.74, 6) is -0.178. The molecule has 6 nitrogen and oxygen atoms in total. The molecule has 0 saturated carbocycles. The van der Waals surface area contributed by atoms with E-state index in [4.69, 9.17) is 0 Å². The van der Waals surface area contributed by atoms with Crippen molar-refractivity contribution < 1.29 is 9.59 Å². The van der Waals surface area contributed by atoms with Gasteiger partial charge in [-0.25, -0.2) is 4.99 Å². The quantitative estimate of drug-likeness (QED) is 0.624. The average Bonchev–Trinajstić information content (AvgIpc) is 3.05. The first-order valence-electron chi connectivity index (χ1n) is 9.40. The maximum absolute atomic E-state index is 12.7. The van der Waals surface area contributed by atoms with Crippen LogP contribution in [0.25, 0.3) is 5.70 Å². The molecular weight excluding hydrogens is 364 g/mol. The molecule has 0 bridgehead atoms. The van der Waals surface area contributed by atoms with E-state index < -0.39 is 5.91 Å². The molecular formula is C23H22N4O2. The first-order valence-corrected chi connectivity index (χ1v) is 9.40. The monoisotopic (exact) mass is 386 g/mol. The predicted octanol–water partition coefficient (Wildman–Crippen LogP) is 3.19. The van der Waals surface area contributed by atoms with Crippen LogP contribution in [0.2, 0.25) is 0 Å². The van der Waals surface area contributed by atoms with E-state index in [1.807, 2.05) is 51.1 Å². The summed E-state index contributed by atoms with van der Waals surface area (Å²) in [6, 6.07) is 16.5. The van der Waals surface area contributed by atoms with E-state index in [2.05, 4.69) is 15.6 Å². The number of nitrogens with zero attached hydrogens (tertiary/aromatic N) is 2. The van der Waals surface area contributed by atoms with Crippen LogP contribution in [0.15, 0.2) is 59.1 Å². The van der Waals surface area contributed by atoms with Gasteiger partial charge in [0.05, 0.1) is 5.70 Å². The largest absolute Gasteiger partial charge is 0.351 e. The van der Waals surface area contributed by atoms with E-state index in [9.17, 15) is 14.9 Å². The van der Waals surface area contributed by atoms with Gasteiger partial charge in [0.15, 0.2) is 0 Å². The molecule has 0 unspecified atom stereocenters. The third-order valence-corrected chi connectivity index (χ3v) is 4.53.